The Morgan fingerprint density at radius 3 is 2.40 bits per heavy atom. The number of halogens is 4. The van der Waals surface area contributed by atoms with Crippen LogP contribution in [0, 0.1) is 11.6 Å². The van der Waals surface area contributed by atoms with Crippen molar-refractivity contribution in [2.75, 3.05) is 5.32 Å². The quantitative estimate of drug-likeness (QED) is 0.890. The third-order valence-electron chi connectivity index (χ3n) is 2.62. The van der Waals surface area contributed by atoms with E-state index in [0.29, 0.717) is 0 Å². The standard InChI is InChI=1S/C14H9Cl2F2NO/c15-9-3-1-5-11(17)8(9)7-13(20)19-12-6-2-4-10(16)14(12)18/h1-6H,7H2,(H,19,20). The van der Waals surface area contributed by atoms with Crippen molar-refractivity contribution in [1.82, 2.24) is 0 Å². The summed E-state index contributed by atoms with van der Waals surface area (Å²) < 4.78 is 27.1. The van der Waals surface area contributed by atoms with Crippen LogP contribution in [0.3, 0.4) is 0 Å². The Balaban J connectivity index is 2.16. The molecule has 0 radical (unpaired) electrons. The molecule has 0 aliphatic carbocycles. The van der Waals surface area contributed by atoms with Gasteiger partial charge >= 0.3 is 0 Å². The zero-order valence-electron chi connectivity index (χ0n) is 10.1. The van der Waals surface area contributed by atoms with E-state index in [2.05, 4.69) is 5.32 Å². The molecule has 20 heavy (non-hydrogen) atoms. The molecule has 0 aliphatic heterocycles. The fraction of sp³-hybridized carbons (Fsp3) is 0.0714. The van der Waals surface area contributed by atoms with Crippen LogP contribution in [0.25, 0.3) is 0 Å². The van der Waals surface area contributed by atoms with E-state index < -0.39 is 17.5 Å². The first-order valence-corrected chi connectivity index (χ1v) is 6.41. The summed E-state index contributed by atoms with van der Waals surface area (Å²) in [7, 11) is 0. The first kappa shape index (κ1) is 14.8. The molecule has 0 unspecified atom stereocenters. The number of carbonyl (C=O) groups is 1. The van der Waals surface area contributed by atoms with E-state index in [1.807, 2.05) is 0 Å². The van der Waals surface area contributed by atoms with Crippen LogP contribution in [0.5, 0.6) is 0 Å². The largest absolute Gasteiger partial charge is 0.323 e. The predicted molar refractivity (Wildman–Crippen MR) is 75.2 cm³/mol. The molecule has 0 saturated heterocycles. The van der Waals surface area contributed by atoms with Crippen molar-refractivity contribution in [2.24, 2.45) is 0 Å². The molecule has 2 aromatic carbocycles. The SMILES string of the molecule is O=C(Cc1c(F)cccc1Cl)Nc1cccc(Cl)c1F. The van der Waals surface area contributed by atoms with Crippen molar-refractivity contribution in [2.45, 2.75) is 6.42 Å². The molecule has 2 rings (SSSR count). The molecule has 0 saturated carbocycles. The summed E-state index contributed by atoms with van der Waals surface area (Å²) in [5, 5.41) is 2.37. The third-order valence-corrected chi connectivity index (χ3v) is 3.27. The van der Waals surface area contributed by atoms with E-state index in [1.165, 1.54) is 36.4 Å². The lowest BCUT2D eigenvalue weighted by molar-refractivity contribution is -0.115. The minimum Gasteiger partial charge on any atom is -0.323 e. The third kappa shape index (κ3) is 3.26. The van der Waals surface area contributed by atoms with Gasteiger partial charge in [0.1, 0.15) is 5.82 Å². The van der Waals surface area contributed by atoms with Crippen LogP contribution < -0.4 is 5.32 Å². The second kappa shape index (κ2) is 6.20. The van der Waals surface area contributed by atoms with Crippen molar-refractivity contribution >= 4 is 34.8 Å². The highest BCUT2D eigenvalue weighted by Crippen LogP contribution is 2.23. The Morgan fingerprint density at radius 2 is 1.70 bits per heavy atom. The summed E-state index contributed by atoms with van der Waals surface area (Å²) in [6, 6.07) is 8.34. The number of benzene rings is 2. The van der Waals surface area contributed by atoms with Gasteiger partial charge in [0.25, 0.3) is 0 Å². The summed E-state index contributed by atoms with van der Waals surface area (Å²) in [5.74, 6) is -1.90. The molecular weight excluding hydrogens is 307 g/mol. The van der Waals surface area contributed by atoms with Crippen LogP contribution in [0.15, 0.2) is 36.4 Å². The van der Waals surface area contributed by atoms with Gasteiger partial charge in [-0.2, -0.15) is 0 Å². The molecule has 0 fully saturated rings. The van der Waals surface area contributed by atoms with Crippen molar-refractivity contribution in [1.29, 1.82) is 0 Å². The molecule has 0 aromatic heterocycles. The number of hydrogen-bond donors (Lipinski definition) is 1. The fourth-order valence-corrected chi connectivity index (χ4v) is 2.06. The molecule has 0 spiro atoms. The molecule has 0 bridgehead atoms. The maximum absolute atomic E-state index is 13.6. The van der Waals surface area contributed by atoms with Crippen molar-refractivity contribution in [3.8, 4) is 0 Å². The average Bonchev–Trinajstić information content (AvgIpc) is 2.39. The van der Waals surface area contributed by atoms with E-state index in [0.717, 1.165) is 0 Å². The van der Waals surface area contributed by atoms with Crippen LogP contribution in [0.1, 0.15) is 5.56 Å². The summed E-state index contributed by atoms with van der Waals surface area (Å²) in [5.41, 5.74) is 0.00376. The topological polar surface area (TPSA) is 29.1 Å². The van der Waals surface area contributed by atoms with Crippen LogP contribution >= 0.6 is 23.2 Å². The van der Waals surface area contributed by atoms with Gasteiger partial charge < -0.3 is 5.32 Å². The molecule has 0 heterocycles. The van der Waals surface area contributed by atoms with Crippen molar-refractivity contribution < 1.29 is 13.6 Å². The average molecular weight is 316 g/mol. The van der Waals surface area contributed by atoms with Crippen LogP contribution in [-0.4, -0.2) is 5.91 Å². The van der Waals surface area contributed by atoms with Gasteiger partial charge in [-0.1, -0.05) is 35.3 Å². The van der Waals surface area contributed by atoms with Crippen LogP contribution in [0.4, 0.5) is 14.5 Å². The number of amides is 1. The molecule has 104 valence electrons. The number of nitrogens with one attached hydrogen (secondary N) is 1. The Bertz CT molecular complexity index is 641. The highest BCUT2D eigenvalue weighted by molar-refractivity contribution is 6.31. The molecule has 6 heteroatoms. The van der Waals surface area contributed by atoms with E-state index in [1.54, 1.807) is 0 Å². The lowest BCUT2D eigenvalue weighted by Gasteiger charge is -2.08. The van der Waals surface area contributed by atoms with Gasteiger partial charge in [0.15, 0.2) is 5.82 Å². The monoisotopic (exact) mass is 315 g/mol. The molecule has 2 nitrogen and oxygen atoms in total. The molecule has 0 atom stereocenters. The Kier molecular flexibility index (Phi) is 4.57. The molecule has 1 N–H and O–H groups in total. The Morgan fingerprint density at radius 1 is 1.05 bits per heavy atom. The molecule has 0 aliphatic rings. The number of rotatable bonds is 3. The highest BCUT2D eigenvalue weighted by atomic mass is 35.5. The maximum Gasteiger partial charge on any atom is 0.229 e. The summed E-state index contributed by atoms with van der Waals surface area (Å²) >= 11 is 11.4. The lowest BCUT2D eigenvalue weighted by Crippen LogP contribution is -2.16. The van der Waals surface area contributed by atoms with E-state index in [-0.39, 0.29) is 27.7 Å². The van der Waals surface area contributed by atoms with E-state index in [4.69, 9.17) is 23.2 Å². The van der Waals surface area contributed by atoms with Gasteiger partial charge in [0.2, 0.25) is 5.91 Å². The van der Waals surface area contributed by atoms with Crippen molar-refractivity contribution in [3.05, 3.63) is 63.6 Å². The van der Waals surface area contributed by atoms with Gasteiger partial charge in [0.05, 0.1) is 17.1 Å². The van der Waals surface area contributed by atoms with Gasteiger partial charge in [-0.25, -0.2) is 8.78 Å². The number of carbonyl (C=O) groups excluding carboxylic acids is 1. The lowest BCUT2D eigenvalue weighted by atomic mass is 10.1. The number of anilines is 1. The smallest absolute Gasteiger partial charge is 0.229 e. The van der Waals surface area contributed by atoms with Gasteiger partial charge in [-0.05, 0) is 24.3 Å². The van der Waals surface area contributed by atoms with Gasteiger partial charge in [0, 0.05) is 10.6 Å². The minimum atomic E-state index is -0.734. The molecule has 2 aromatic rings. The minimum absolute atomic E-state index is 0.0602. The highest BCUT2D eigenvalue weighted by Gasteiger charge is 2.14. The maximum atomic E-state index is 13.6. The number of hydrogen-bond acceptors (Lipinski definition) is 1. The zero-order valence-corrected chi connectivity index (χ0v) is 11.6. The second-order valence-corrected chi connectivity index (χ2v) is 4.84. The molecule has 1 amide bonds. The predicted octanol–water partition coefficient (Wildman–Crippen LogP) is 4.45. The molecular formula is C14H9Cl2F2NO. The summed E-state index contributed by atoms with van der Waals surface area (Å²) in [6.07, 6.45) is -0.294. The van der Waals surface area contributed by atoms with Crippen LogP contribution in [0.2, 0.25) is 10.0 Å². The second-order valence-electron chi connectivity index (χ2n) is 4.03. The first-order chi connectivity index (χ1) is 9.49. The van der Waals surface area contributed by atoms with Gasteiger partial charge in [-0.3, -0.25) is 4.79 Å². The fourth-order valence-electron chi connectivity index (χ4n) is 1.66. The summed E-state index contributed by atoms with van der Waals surface area (Å²) in [6.45, 7) is 0. The Labute approximate surface area is 124 Å². The first-order valence-electron chi connectivity index (χ1n) is 5.66. The van der Waals surface area contributed by atoms with Crippen molar-refractivity contribution in [3.63, 3.8) is 0 Å². The van der Waals surface area contributed by atoms with Crippen LogP contribution in [-0.2, 0) is 11.2 Å². The Hall–Kier alpha value is -1.65. The normalized spacial score (nSPS) is 10.4. The summed E-state index contributed by atoms with van der Waals surface area (Å²) in [4.78, 5) is 11.8. The van der Waals surface area contributed by atoms with Gasteiger partial charge in [-0.15, -0.1) is 0 Å². The zero-order chi connectivity index (χ0) is 14.7. The van der Waals surface area contributed by atoms with E-state index in [9.17, 15) is 13.6 Å². The van der Waals surface area contributed by atoms with E-state index >= 15 is 0 Å².